The maximum absolute atomic E-state index is 14.4. The number of anilines is 1. The van der Waals surface area contributed by atoms with E-state index in [1.807, 2.05) is 72.1 Å². The Morgan fingerprint density at radius 1 is 0.921 bits per heavy atom. The molecule has 0 N–H and O–H groups in total. The van der Waals surface area contributed by atoms with Crippen LogP contribution in [0.1, 0.15) is 15.9 Å². The van der Waals surface area contributed by atoms with Crippen molar-refractivity contribution in [1.82, 2.24) is 15.0 Å². The van der Waals surface area contributed by atoms with E-state index in [0.29, 0.717) is 42.0 Å². The predicted molar refractivity (Wildman–Crippen MR) is 150 cm³/mol. The number of hydrogen-bond acceptors (Lipinski definition) is 8. The van der Waals surface area contributed by atoms with Crippen LogP contribution < -0.4 is 14.4 Å². The van der Waals surface area contributed by atoms with Crippen molar-refractivity contribution in [2.45, 2.75) is 6.54 Å². The monoisotopic (exact) mass is 536 g/mol. The predicted octanol–water partition coefficient (Wildman–Crippen LogP) is 6.59. The van der Waals surface area contributed by atoms with E-state index in [0.717, 1.165) is 37.3 Å². The van der Waals surface area contributed by atoms with E-state index in [1.54, 1.807) is 28.6 Å². The number of hydrogen-bond donors (Lipinski definition) is 0. The summed E-state index contributed by atoms with van der Waals surface area (Å²) in [6, 6.07) is 21.3. The summed E-state index contributed by atoms with van der Waals surface area (Å²) in [6.07, 6.45) is 3.50. The Labute approximate surface area is 226 Å². The first-order valence-electron chi connectivity index (χ1n) is 12.1. The van der Waals surface area contributed by atoms with Gasteiger partial charge in [0.1, 0.15) is 13.2 Å². The number of carbonyl (C=O) groups is 1. The molecule has 1 aliphatic rings. The molecule has 0 saturated heterocycles. The van der Waals surface area contributed by atoms with E-state index < -0.39 is 0 Å². The van der Waals surface area contributed by atoms with Gasteiger partial charge in [0.25, 0.3) is 5.91 Å². The molecule has 0 spiro atoms. The minimum absolute atomic E-state index is 0.151. The van der Waals surface area contributed by atoms with E-state index in [2.05, 4.69) is 4.98 Å². The highest BCUT2D eigenvalue weighted by Gasteiger charge is 2.26. The lowest BCUT2D eigenvalue weighted by molar-refractivity contribution is 0.0986. The van der Waals surface area contributed by atoms with Gasteiger partial charge in [0.2, 0.25) is 0 Å². The molecule has 1 amide bonds. The van der Waals surface area contributed by atoms with Crippen LogP contribution in [0, 0.1) is 0 Å². The molecule has 0 atom stereocenters. The van der Waals surface area contributed by atoms with Gasteiger partial charge in [-0.2, -0.15) is 0 Å². The summed E-state index contributed by atoms with van der Waals surface area (Å²) in [5, 5.41) is 3.40. The van der Waals surface area contributed by atoms with Crippen LogP contribution in [0.3, 0.4) is 0 Å². The van der Waals surface area contributed by atoms with Gasteiger partial charge >= 0.3 is 0 Å². The van der Waals surface area contributed by atoms with E-state index in [9.17, 15) is 4.79 Å². The zero-order valence-electron chi connectivity index (χ0n) is 20.0. The van der Waals surface area contributed by atoms with Crippen molar-refractivity contribution in [3.05, 3.63) is 95.6 Å². The van der Waals surface area contributed by atoms with Gasteiger partial charge in [-0.3, -0.25) is 14.7 Å². The van der Waals surface area contributed by atoms with Gasteiger partial charge in [-0.1, -0.05) is 41.7 Å². The normalized spacial score (nSPS) is 12.6. The summed E-state index contributed by atoms with van der Waals surface area (Å²) in [6.45, 7) is 1.34. The number of amides is 1. The molecule has 0 radical (unpaired) electrons. The van der Waals surface area contributed by atoms with Crippen molar-refractivity contribution in [2.24, 2.45) is 0 Å². The van der Waals surface area contributed by atoms with Crippen molar-refractivity contribution < 1.29 is 14.3 Å². The second kappa shape index (κ2) is 9.51. The number of ether oxygens (including phenoxy) is 2. The first-order chi connectivity index (χ1) is 18.7. The molecular formula is C29H20N4O3S2. The maximum atomic E-state index is 14.4. The fourth-order valence-corrected chi connectivity index (χ4v) is 6.18. The topological polar surface area (TPSA) is 77.4 Å². The molecule has 7 nitrogen and oxygen atoms in total. The molecule has 9 heteroatoms. The van der Waals surface area contributed by atoms with Crippen molar-refractivity contribution in [2.75, 3.05) is 18.1 Å². The molecular weight excluding hydrogens is 516 g/mol. The highest BCUT2D eigenvalue weighted by atomic mass is 32.1. The number of carbonyl (C=O) groups excluding carboxylic acids is 1. The summed E-state index contributed by atoms with van der Waals surface area (Å²) in [5.74, 6) is 1.22. The Kier molecular flexibility index (Phi) is 5.71. The Hall–Kier alpha value is -4.34. The van der Waals surface area contributed by atoms with Crippen LogP contribution in [0.25, 0.3) is 31.7 Å². The standard InChI is InChI=1S/C29H20N4O3S2/c34-28(20-13-22(26-8-4-12-37-26)31-21-7-2-1-6-19(20)21)33(17-18-5-3-9-30-16-18)29-32-23-14-24-25(15-27(23)38-29)36-11-10-35-24/h1-9,12-16H,10-11,17H2. The average molecular weight is 537 g/mol. The highest BCUT2D eigenvalue weighted by Crippen LogP contribution is 2.40. The lowest BCUT2D eigenvalue weighted by Crippen LogP contribution is -2.30. The molecule has 38 heavy (non-hydrogen) atoms. The third-order valence-corrected chi connectivity index (χ3v) is 8.23. The van der Waals surface area contributed by atoms with Crippen LogP contribution in [-0.2, 0) is 6.54 Å². The molecule has 0 unspecified atom stereocenters. The molecule has 6 aromatic rings. The summed E-state index contributed by atoms with van der Waals surface area (Å²) < 4.78 is 12.4. The maximum Gasteiger partial charge on any atom is 0.261 e. The van der Waals surface area contributed by atoms with Gasteiger partial charge in [0.05, 0.1) is 38.4 Å². The van der Waals surface area contributed by atoms with Gasteiger partial charge in [0, 0.05) is 29.9 Å². The zero-order valence-corrected chi connectivity index (χ0v) is 21.7. The SMILES string of the molecule is O=C(c1cc(-c2cccs2)nc2ccccc12)N(Cc1cccnc1)c1nc2cc3c(cc2s1)OCCO3. The molecule has 0 bridgehead atoms. The Balaban J connectivity index is 1.38. The van der Waals surface area contributed by atoms with Gasteiger partial charge in [-0.25, -0.2) is 9.97 Å². The van der Waals surface area contributed by atoms with Crippen molar-refractivity contribution in [3.8, 4) is 22.1 Å². The fraction of sp³-hybridized carbons (Fsp3) is 0.103. The van der Waals surface area contributed by atoms with E-state index in [4.69, 9.17) is 19.4 Å². The second-order valence-electron chi connectivity index (χ2n) is 8.76. The Bertz CT molecular complexity index is 1740. The van der Waals surface area contributed by atoms with Crippen molar-refractivity contribution >= 4 is 54.8 Å². The summed E-state index contributed by atoms with van der Waals surface area (Å²) in [7, 11) is 0. The molecule has 0 fully saturated rings. The van der Waals surface area contributed by atoms with Crippen LogP contribution in [0.4, 0.5) is 5.13 Å². The van der Waals surface area contributed by atoms with Gasteiger partial charge in [-0.05, 0) is 35.2 Å². The van der Waals surface area contributed by atoms with Crippen LogP contribution in [0.2, 0.25) is 0 Å². The molecule has 186 valence electrons. The number of pyridine rings is 2. The van der Waals surface area contributed by atoms with Gasteiger partial charge in [-0.15, -0.1) is 11.3 Å². The first kappa shape index (κ1) is 22.8. The smallest absolute Gasteiger partial charge is 0.261 e. The van der Waals surface area contributed by atoms with E-state index in [-0.39, 0.29) is 5.91 Å². The van der Waals surface area contributed by atoms with E-state index in [1.165, 1.54) is 11.3 Å². The van der Waals surface area contributed by atoms with Crippen LogP contribution in [0.5, 0.6) is 11.5 Å². The van der Waals surface area contributed by atoms with Crippen molar-refractivity contribution in [3.63, 3.8) is 0 Å². The van der Waals surface area contributed by atoms with Gasteiger partial charge in [0.15, 0.2) is 16.6 Å². The Morgan fingerprint density at radius 3 is 2.61 bits per heavy atom. The molecule has 7 rings (SSSR count). The average Bonchev–Trinajstić information content (AvgIpc) is 3.64. The number of nitrogens with zero attached hydrogens (tertiary/aromatic N) is 4. The van der Waals surface area contributed by atoms with Crippen molar-refractivity contribution in [1.29, 1.82) is 0 Å². The molecule has 1 aliphatic heterocycles. The number of benzene rings is 2. The zero-order chi connectivity index (χ0) is 25.5. The summed E-state index contributed by atoms with van der Waals surface area (Å²) in [4.78, 5) is 31.1. The third kappa shape index (κ3) is 4.15. The minimum atomic E-state index is -0.151. The summed E-state index contributed by atoms with van der Waals surface area (Å²) in [5.41, 5.74) is 3.79. The fourth-order valence-electron chi connectivity index (χ4n) is 4.52. The number of thiophene rings is 1. The number of para-hydroxylation sites is 1. The molecule has 0 saturated carbocycles. The second-order valence-corrected chi connectivity index (χ2v) is 10.7. The number of aromatic nitrogens is 3. The quantitative estimate of drug-likeness (QED) is 0.248. The highest BCUT2D eigenvalue weighted by molar-refractivity contribution is 7.22. The lowest BCUT2D eigenvalue weighted by atomic mass is 10.1. The first-order valence-corrected chi connectivity index (χ1v) is 13.8. The minimum Gasteiger partial charge on any atom is -0.486 e. The number of rotatable bonds is 5. The lowest BCUT2D eigenvalue weighted by Gasteiger charge is -2.21. The number of thiazole rings is 1. The summed E-state index contributed by atoms with van der Waals surface area (Å²) >= 11 is 3.05. The largest absolute Gasteiger partial charge is 0.486 e. The molecule has 0 aliphatic carbocycles. The molecule has 5 heterocycles. The van der Waals surface area contributed by atoms with E-state index >= 15 is 0 Å². The molecule has 4 aromatic heterocycles. The third-order valence-electron chi connectivity index (χ3n) is 6.30. The molecule has 2 aromatic carbocycles. The Morgan fingerprint density at radius 2 is 1.79 bits per heavy atom. The van der Waals surface area contributed by atoms with Crippen LogP contribution in [0.15, 0.2) is 84.5 Å². The van der Waals surface area contributed by atoms with Gasteiger partial charge < -0.3 is 9.47 Å². The van der Waals surface area contributed by atoms with Crippen LogP contribution >= 0.6 is 22.7 Å². The van der Waals surface area contributed by atoms with Crippen LogP contribution in [-0.4, -0.2) is 34.1 Å². The number of fused-ring (bicyclic) bond motifs is 3.